The van der Waals surface area contributed by atoms with Crippen LogP contribution < -0.4 is 0 Å². The molecule has 0 aromatic rings. The average molecular weight is 204 g/mol. The number of rotatable bonds is 2. The fourth-order valence-electron chi connectivity index (χ4n) is 1.36. The molecule has 0 N–H and O–H groups in total. The quantitative estimate of drug-likeness (QED) is 0.667. The van der Waals surface area contributed by atoms with Gasteiger partial charge in [0.2, 0.25) is 0 Å². The second kappa shape index (κ2) is 4.14. The molecule has 1 saturated heterocycles. The van der Waals surface area contributed by atoms with Gasteiger partial charge < -0.3 is 0 Å². The Balaban J connectivity index is 2.19. The molecule has 10 heavy (non-hydrogen) atoms. The molecule has 58 valence electrons. The van der Waals surface area contributed by atoms with E-state index < -0.39 is 0 Å². The van der Waals surface area contributed by atoms with Crippen LogP contribution in [0.3, 0.4) is 0 Å². The summed E-state index contributed by atoms with van der Waals surface area (Å²) in [4.78, 5) is 2.45. The summed E-state index contributed by atoms with van der Waals surface area (Å²) in [5.74, 6) is 0. The first-order valence-electron chi connectivity index (χ1n) is 3.84. The van der Waals surface area contributed by atoms with Gasteiger partial charge in [0.1, 0.15) is 0 Å². The Labute approximate surface area is 71.2 Å². The summed E-state index contributed by atoms with van der Waals surface area (Å²) >= 11 is 3.37. The minimum absolute atomic E-state index is 1.03. The van der Waals surface area contributed by atoms with Crippen LogP contribution in [0, 0.1) is 0 Å². The molecule has 0 aromatic heterocycles. The number of nitrogens with zero attached hydrogens (tertiary/aromatic N) is 1. The lowest BCUT2D eigenvalue weighted by Crippen LogP contribution is -2.30. The fourth-order valence-corrected chi connectivity index (χ4v) is 1.71. The third-order valence-corrected chi connectivity index (χ3v) is 2.09. The number of halogens is 1. The molecule has 1 nitrogen and oxygen atoms in total. The standard InChI is InChI=1S/C8H14BrN/c1-8(9)7-10-5-3-2-4-6-10/h1-7H2. The third-order valence-electron chi connectivity index (χ3n) is 1.84. The van der Waals surface area contributed by atoms with Gasteiger partial charge in [0.15, 0.2) is 0 Å². The summed E-state index contributed by atoms with van der Waals surface area (Å²) in [6.07, 6.45) is 4.13. The van der Waals surface area contributed by atoms with E-state index in [-0.39, 0.29) is 0 Å². The first-order chi connectivity index (χ1) is 4.79. The summed E-state index contributed by atoms with van der Waals surface area (Å²) in [6.45, 7) is 7.36. The maximum absolute atomic E-state index is 3.82. The third kappa shape index (κ3) is 2.84. The Morgan fingerprint density at radius 1 is 1.30 bits per heavy atom. The normalized spacial score (nSPS) is 20.9. The van der Waals surface area contributed by atoms with Gasteiger partial charge in [-0.15, -0.1) is 0 Å². The lowest BCUT2D eigenvalue weighted by atomic mass is 10.1. The summed E-state index contributed by atoms with van der Waals surface area (Å²) in [7, 11) is 0. The molecule has 0 amide bonds. The largest absolute Gasteiger partial charge is 0.299 e. The average Bonchev–Trinajstić information content (AvgIpc) is 1.88. The highest BCUT2D eigenvalue weighted by Gasteiger charge is 2.08. The summed E-state index contributed by atoms with van der Waals surface area (Å²) in [6, 6.07) is 0. The molecule has 2 heteroatoms. The first kappa shape index (κ1) is 8.28. The lowest BCUT2D eigenvalue weighted by Gasteiger charge is -2.25. The van der Waals surface area contributed by atoms with Crippen molar-refractivity contribution < 1.29 is 0 Å². The summed E-state index contributed by atoms with van der Waals surface area (Å²) in [5.41, 5.74) is 0. The van der Waals surface area contributed by atoms with Crippen LogP contribution in [0.1, 0.15) is 19.3 Å². The molecule has 0 aliphatic carbocycles. The van der Waals surface area contributed by atoms with E-state index in [4.69, 9.17) is 0 Å². The molecule has 0 aromatic carbocycles. The van der Waals surface area contributed by atoms with E-state index in [0.717, 1.165) is 11.0 Å². The monoisotopic (exact) mass is 203 g/mol. The van der Waals surface area contributed by atoms with Crippen LogP contribution in [0.2, 0.25) is 0 Å². The maximum atomic E-state index is 3.82. The van der Waals surface area contributed by atoms with Crippen molar-refractivity contribution in [3.8, 4) is 0 Å². The molecule has 0 saturated carbocycles. The van der Waals surface area contributed by atoms with Gasteiger partial charge in [-0.2, -0.15) is 0 Å². The van der Waals surface area contributed by atoms with Crippen molar-refractivity contribution in [3.05, 3.63) is 11.1 Å². The molecule has 0 bridgehead atoms. The van der Waals surface area contributed by atoms with Gasteiger partial charge in [-0.05, 0) is 25.9 Å². The molecule has 1 heterocycles. The number of likely N-dealkylation sites (tertiary alicyclic amines) is 1. The second-order valence-electron chi connectivity index (χ2n) is 2.85. The predicted octanol–water partition coefficient (Wildman–Crippen LogP) is 2.38. The highest BCUT2D eigenvalue weighted by Crippen LogP contribution is 2.11. The molecule has 0 radical (unpaired) electrons. The van der Waals surface area contributed by atoms with E-state index in [0.29, 0.717) is 0 Å². The van der Waals surface area contributed by atoms with Gasteiger partial charge in [-0.25, -0.2) is 0 Å². The van der Waals surface area contributed by atoms with E-state index in [1.54, 1.807) is 0 Å². The van der Waals surface area contributed by atoms with Crippen LogP contribution in [0.4, 0.5) is 0 Å². The Bertz CT molecular complexity index is 116. The molecular formula is C8H14BrN. The molecule has 1 aliphatic heterocycles. The van der Waals surface area contributed by atoms with E-state index >= 15 is 0 Å². The van der Waals surface area contributed by atoms with Gasteiger partial charge in [0, 0.05) is 11.0 Å². The van der Waals surface area contributed by atoms with Crippen LogP contribution in [0.15, 0.2) is 11.1 Å². The van der Waals surface area contributed by atoms with Crippen LogP contribution in [-0.2, 0) is 0 Å². The van der Waals surface area contributed by atoms with E-state index in [9.17, 15) is 0 Å². The number of hydrogen-bond acceptors (Lipinski definition) is 1. The van der Waals surface area contributed by atoms with E-state index in [1.165, 1.54) is 32.4 Å². The zero-order valence-electron chi connectivity index (χ0n) is 6.27. The predicted molar refractivity (Wildman–Crippen MR) is 48.4 cm³/mol. The van der Waals surface area contributed by atoms with Crippen molar-refractivity contribution in [1.29, 1.82) is 0 Å². The highest BCUT2D eigenvalue weighted by atomic mass is 79.9. The number of hydrogen-bond donors (Lipinski definition) is 0. The maximum Gasteiger partial charge on any atom is 0.0293 e. The number of piperidine rings is 1. The van der Waals surface area contributed by atoms with Gasteiger partial charge >= 0.3 is 0 Å². The Kier molecular flexibility index (Phi) is 3.43. The van der Waals surface area contributed by atoms with Crippen molar-refractivity contribution in [2.24, 2.45) is 0 Å². The molecular weight excluding hydrogens is 190 g/mol. The van der Waals surface area contributed by atoms with Crippen LogP contribution in [0.5, 0.6) is 0 Å². The Hall–Kier alpha value is 0.180. The molecule has 1 fully saturated rings. The Morgan fingerprint density at radius 3 is 2.40 bits per heavy atom. The topological polar surface area (TPSA) is 3.24 Å². The van der Waals surface area contributed by atoms with Crippen molar-refractivity contribution >= 4 is 15.9 Å². The lowest BCUT2D eigenvalue weighted by molar-refractivity contribution is 0.250. The molecule has 1 aliphatic rings. The van der Waals surface area contributed by atoms with Crippen molar-refractivity contribution in [1.82, 2.24) is 4.90 Å². The van der Waals surface area contributed by atoms with Gasteiger partial charge in [0.25, 0.3) is 0 Å². The highest BCUT2D eigenvalue weighted by molar-refractivity contribution is 9.11. The van der Waals surface area contributed by atoms with Crippen LogP contribution in [0.25, 0.3) is 0 Å². The first-order valence-corrected chi connectivity index (χ1v) is 4.64. The SMILES string of the molecule is C=C(Br)CN1CCCCC1. The molecule has 0 spiro atoms. The van der Waals surface area contributed by atoms with Crippen LogP contribution in [-0.4, -0.2) is 24.5 Å². The second-order valence-corrected chi connectivity index (χ2v) is 3.98. The molecule has 0 atom stereocenters. The van der Waals surface area contributed by atoms with E-state index in [2.05, 4.69) is 27.4 Å². The summed E-state index contributed by atoms with van der Waals surface area (Å²) < 4.78 is 1.11. The smallest absolute Gasteiger partial charge is 0.0293 e. The Morgan fingerprint density at radius 2 is 1.90 bits per heavy atom. The molecule has 1 rings (SSSR count). The summed E-state index contributed by atoms with van der Waals surface area (Å²) in [5, 5.41) is 0. The minimum Gasteiger partial charge on any atom is -0.299 e. The fraction of sp³-hybridized carbons (Fsp3) is 0.750. The van der Waals surface area contributed by atoms with Gasteiger partial charge in [0.05, 0.1) is 0 Å². The minimum atomic E-state index is 1.03. The van der Waals surface area contributed by atoms with E-state index in [1.807, 2.05) is 0 Å². The van der Waals surface area contributed by atoms with Gasteiger partial charge in [-0.1, -0.05) is 28.9 Å². The van der Waals surface area contributed by atoms with Crippen molar-refractivity contribution in [2.45, 2.75) is 19.3 Å². The van der Waals surface area contributed by atoms with Crippen LogP contribution >= 0.6 is 15.9 Å². The zero-order valence-corrected chi connectivity index (χ0v) is 7.86. The van der Waals surface area contributed by atoms with Crippen molar-refractivity contribution in [3.63, 3.8) is 0 Å². The zero-order chi connectivity index (χ0) is 7.40. The molecule has 0 unspecified atom stereocenters. The van der Waals surface area contributed by atoms with Crippen molar-refractivity contribution in [2.75, 3.05) is 19.6 Å². The van der Waals surface area contributed by atoms with Gasteiger partial charge in [-0.3, -0.25) is 4.90 Å².